The van der Waals surface area contributed by atoms with Gasteiger partial charge in [-0.05, 0) is 17.7 Å². The fourth-order valence-corrected chi connectivity index (χ4v) is 3.54. The smallest absolute Gasteiger partial charge is 0.410 e. The van der Waals surface area contributed by atoms with Crippen molar-refractivity contribution in [3.05, 3.63) is 35.5 Å². The number of carbonyl (C=O) groups is 1. The first kappa shape index (κ1) is 19.9. The van der Waals surface area contributed by atoms with E-state index in [1.807, 2.05) is 6.07 Å². The fraction of sp³-hybridized carbons (Fsp3) is 0.421. The van der Waals surface area contributed by atoms with E-state index in [4.69, 9.17) is 14.7 Å². The van der Waals surface area contributed by atoms with E-state index in [2.05, 4.69) is 10.4 Å². The van der Waals surface area contributed by atoms with E-state index < -0.39 is 24.2 Å². The van der Waals surface area contributed by atoms with Crippen molar-refractivity contribution in [1.29, 1.82) is 5.26 Å². The Morgan fingerprint density at radius 3 is 2.87 bits per heavy atom. The van der Waals surface area contributed by atoms with Gasteiger partial charge in [-0.15, -0.1) is 0 Å². The number of alkyl halides is 3. The minimum atomic E-state index is -4.55. The van der Waals surface area contributed by atoms with Gasteiger partial charge in [-0.2, -0.15) is 23.5 Å². The zero-order valence-corrected chi connectivity index (χ0v) is 15.9. The summed E-state index contributed by atoms with van der Waals surface area (Å²) in [5.41, 5.74) is 0.499. The van der Waals surface area contributed by atoms with Crippen LogP contribution in [0.4, 0.5) is 19.0 Å². The molecule has 1 aromatic heterocycles. The van der Waals surface area contributed by atoms with E-state index in [0.717, 1.165) is 4.68 Å². The molecular formula is C19H18F3N5O3. The predicted molar refractivity (Wildman–Crippen MR) is 98.1 cm³/mol. The number of ether oxygens (including phenoxy) is 2. The molecule has 2 aliphatic heterocycles. The highest BCUT2D eigenvalue weighted by atomic mass is 19.4. The zero-order valence-electron chi connectivity index (χ0n) is 15.9. The van der Waals surface area contributed by atoms with E-state index in [9.17, 15) is 18.0 Å². The molecule has 2 atom stereocenters. The van der Waals surface area contributed by atoms with Crippen LogP contribution in [0, 0.1) is 11.3 Å². The molecule has 0 saturated carbocycles. The van der Waals surface area contributed by atoms with Crippen molar-refractivity contribution in [1.82, 2.24) is 14.7 Å². The number of fused-ring (bicyclic) bond motifs is 2. The average molecular weight is 421 g/mol. The van der Waals surface area contributed by atoms with Gasteiger partial charge in [-0.1, -0.05) is 6.07 Å². The number of anilines is 1. The third-order valence-electron chi connectivity index (χ3n) is 5.11. The fourth-order valence-electron chi connectivity index (χ4n) is 3.54. The zero-order chi connectivity index (χ0) is 21.5. The number of amides is 1. The van der Waals surface area contributed by atoms with Crippen LogP contribution in [0.3, 0.4) is 0 Å². The van der Waals surface area contributed by atoms with Crippen LogP contribution in [-0.2, 0) is 0 Å². The molecule has 3 heterocycles. The van der Waals surface area contributed by atoms with Crippen LogP contribution in [-0.4, -0.2) is 47.1 Å². The minimum Gasteiger partial charge on any atom is -0.454 e. The molecule has 11 heteroatoms. The molecule has 0 aliphatic carbocycles. The van der Waals surface area contributed by atoms with Crippen LogP contribution >= 0.6 is 0 Å². The molecule has 0 spiro atoms. The summed E-state index contributed by atoms with van der Waals surface area (Å²) in [7, 11) is 1.47. The number of rotatable bonds is 4. The third kappa shape index (κ3) is 3.60. The predicted octanol–water partition coefficient (Wildman–Crippen LogP) is 3.26. The van der Waals surface area contributed by atoms with E-state index in [-0.39, 0.29) is 37.7 Å². The minimum absolute atomic E-state index is 0.0691. The van der Waals surface area contributed by atoms with E-state index in [1.165, 1.54) is 18.0 Å². The highest BCUT2D eigenvalue weighted by molar-refractivity contribution is 5.93. The summed E-state index contributed by atoms with van der Waals surface area (Å²) in [5, 5.41) is 15.6. The Labute approximate surface area is 169 Å². The van der Waals surface area contributed by atoms with Crippen molar-refractivity contribution in [2.24, 2.45) is 0 Å². The number of carbonyl (C=O) groups excluding carboxylic acids is 1. The lowest BCUT2D eigenvalue weighted by atomic mass is 9.96. The largest absolute Gasteiger partial charge is 0.454 e. The molecule has 2 aliphatic rings. The van der Waals surface area contributed by atoms with Gasteiger partial charge in [0.2, 0.25) is 6.79 Å². The van der Waals surface area contributed by atoms with Crippen molar-refractivity contribution >= 4 is 11.7 Å². The maximum absolute atomic E-state index is 13.8. The molecule has 30 heavy (non-hydrogen) atoms. The van der Waals surface area contributed by atoms with Crippen molar-refractivity contribution in [2.75, 3.05) is 25.7 Å². The Balaban J connectivity index is 1.65. The number of nitrogens with one attached hydrogen (secondary N) is 1. The number of nitrogens with zero attached hydrogens (tertiary/aromatic N) is 4. The second kappa shape index (κ2) is 7.44. The Bertz CT molecular complexity index is 1010. The van der Waals surface area contributed by atoms with Crippen molar-refractivity contribution in [3.8, 4) is 17.6 Å². The highest BCUT2D eigenvalue weighted by Gasteiger charge is 2.47. The monoisotopic (exact) mass is 421 g/mol. The first-order valence-corrected chi connectivity index (χ1v) is 9.22. The van der Waals surface area contributed by atoms with Gasteiger partial charge in [0, 0.05) is 26.1 Å². The maximum Gasteiger partial charge on any atom is 0.410 e. The van der Waals surface area contributed by atoms with Crippen molar-refractivity contribution in [3.63, 3.8) is 0 Å². The van der Waals surface area contributed by atoms with Gasteiger partial charge in [0.05, 0.1) is 18.5 Å². The number of hydrogen-bond acceptors (Lipinski definition) is 6. The summed E-state index contributed by atoms with van der Waals surface area (Å²) in [4.78, 5) is 13.8. The van der Waals surface area contributed by atoms with Gasteiger partial charge in [0.25, 0.3) is 5.91 Å². The van der Waals surface area contributed by atoms with Gasteiger partial charge >= 0.3 is 6.18 Å². The van der Waals surface area contributed by atoms with E-state index in [0.29, 0.717) is 17.1 Å². The lowest BCUT2D eigenvalue weighted by Crippen LogP contribution is -2.36. The van der Waals surface area contributed by atoms with Crippen molar-refractivity contribution in [2.45, 2.75) is 31.1 Å². The highest BCUT2D eigenvalue weighted by Crippen LogP contribution is 2.45. The normalized spacial score (nSPS) is 19.6. The van der Waals surface area contributed by atoms with E-state index in [1.54, 1.807) is 18.2 Å². The molecule has 2 aromatic rings. The summed E-state index contributed by atoms with van der Waals surface area (Å²) >= 11 is 0. The third-order valence-corrected chi connectivity index (χ3v) is 5.11. The van der Waals surface area contributed by atoms with Gasteiger partial charge < -0.3 is 19.7 Å². The first-order valence-electron chi connectivity index (χ1n) is 9.22. The first-order chi connectivity index (χ1) is 14.3. The lowest BCUT2D eigenvalue weighted by molar-refractivity contribution is -0.173. The number of benzene rings is 1. The van der Waals surface area contributed by atoms with E-state index >= 15 is 0 Å². The van der Waals surface area contributed by atoms with Gasteiger partial charge in [0.15, 0.2) is 23.2 Å². The van der Waals surface area contributed by atoms with Crippen LogP contribution < -0.4 is 14.8 Å². The summed E-state index contributed by atoms with van der Waals surface area (Å²) in [6.07, 6.45) is -4.73. The topological polar surface area (TPSA) is 92.4 Å². The summed E-state index contributed by atoms with van der Waals surface area (Å²) in [6, 6.07) is 5.68. The quantitative estimate of drug-likeness (QED) is 0.815. The SMILES string of the molecule is CN(CCC#N)C(=O)c1cc2n(n1)[C@@H](C(F)(F)F)C[C@@H](c1ccc3c(c1)OCO3)N2. The number of halogens is 3. The molecule has 0 radical (unpaired) electrons. The molecule has 1 amide bonds. The Hall–Kier alpha value is -3.42. The van der Waals surface area contributed by atoms with Crippen LogP contribution in [0.25, 0.3) is 0 Å². The number of nitriles is 1. The Morgan fingerprint density at radius 1 is 1.37 bits per heavy atom. The molecule has 0 saturated heterocycles. The second-order valence-electron chi connectivity index (χ2n) is 7.10. The van der Waals surface area contributed by atoms with Gasteiger partial charge in [0.1, 0.15) is 5.82 Å². The van der Waals surface area contributed by atoms with Crippen LogP contribution in [0.2, 0.25) is 0 Å². The van der Waals surface area contributed by atoms with Gasteiger partial charge in [-0.3, -0.25) is 4.79 Å². The second-order valence-corrected chi connectivity index (χ2v) is 7.10. The molecule has 8 nitrogen and oxygen atoms in total. The average Bonchev–Trinajstić information content (AvgIpc) is 3.35. The van der Waals surface area contributed by atoms with Crippen molar-refractivity contribution < 1.29 is 27.4 Å². The molecule has 1 aromatic carbocycles. The van der Waals surface area contributed by atoms with Gasteiger partial charge in [-0.25, -0.2) is 4.68 Å². The molecule has 0 unspecified atom stereocenters. The molecule has 0 fully saturated rings. The summed E-state index contributed by atoms with van der Waals surface area (Å²) < 4.78 is 52.8. The van der Waals surface area contributed by atoms with Crippen LogP contribution in [0.15, 0.2) is 24.3 Å². The molecular weight excluding hydrogens is 403 g/mol. The molecule has 4 rings (SSSR count). The maximum atomic E-state index is 13.8. The summed E-state index contributed by atoms with van der Waals surface area (Å²) in [6.45, 7) is 0.229. The molecule has 158 valence electrons. The molecule has 1 N–H and O–H groups in total. The van der Waals surface area contributed by atoms with Crippen LogP contribution in [0.5, 0.6) is 11.5 Å². The van der Waals surface area contributed by atoms with Crippen LogP contribution in [0.1, 0.15) is 41.0 Å². The molecule has 0 bridgehead atoms. The number of hydrogen-bond donors (Lipinski definition) is 1. The Morgan fingerprint density at radius 2 is 2.13 bits per heavy atom. The lowest BCUT2D eigenvalue weighted by Gasteiger charge is -2.33. The summed E-state index contributed by atoms with van der Waals surface area (Å²) in [5.74, 6) is 0.574. The Kier molecular flexibility index (Phi) is 4.93. The standard InChI is InChI=1S/C19H18F3N5O3/c1-26(6-2-5-23)18(28)13-9-17-24-12(8-16(19(20,21)22)27(17)25-13)11-3-4-14-15(7-11)30-10-29-14/h3-4,7,9,12,16,24H,2,6,8,10H2,1H3/t12-,16+/m0/s1. The number of aromatic nitrogens is 2.